The van der Waals surface area contributed by atoms with E-state index in [2.05, 4.69) is 29.4 Å². The van der Waals surface area contributed by atoms with Crippen LogP contribution in [-0.2, 0) is 0 Å². The Labute approximate surface area is 186 Å². The summed E-state index contributed by atoms with van der Waals surface area (Å²) in [5.74, 6) is -0.382. The van der Waals surface area contributed by atoms with Gasteiger partial charge in [-0.25, -0.2) is 9.18 Å². The zero-order chi connectivity index (χ0) is 22.1. The highest BCUT2D eigenvalue weighted by molar-refractivity contribution is 6.34. The van der Waals surface area contributed by atoms with E-state index < -0.39 is 5.91 Å². The molecule has 164 valence electrons. The number of nitrogens with one attached hydrogen (secondary N) is 2. The number of halogens is 2. The molecule has 0 spiro atoms. The van der Waals surface area contributed by atoms with E-state index in [1.54, 1.807) is 35.2 Å². The zero-order valence-corrected chi connectivity index (χ0v) is 18.4. The molecule has 31 heavy (non-hydrogen) atoms. The fraction of sp³-hybridized carbons (Fsp3) is 0.391. The minimum Gasteiger partial charge on any atom is -0.366 e. The Bertz CT molecular complexity index is 1010. The van der Waals surface area contributed by atoms with Crippen LogP contribution in [-0.4, -0.2) is 37.6 Å². The molecule has 6 nitrogen and oxygen atoms in total. The van der Waals surface area contributed by atoms with Gasteiger partial charge in [0.1, 0.15) is 5.82 Å². The number of hydrogen-bond acceptors (Lipinski definition) is 3. The van der Waals surface area contributed by atoms with E-state index in [-0.39, 0.29) is 22.4 Å². The second kappa shape index (κ2) is 8.75. The van der Waals surface area contributed by atoms with Crippen molar-refractivity contribution in [1.82, 2.24) is 5.32 Å². The molecule has 2 aromatic carbocycles. The van der Waals surface area contributed by atoms with Crippen LogP contribution < -0.4 is 20.4 Å². The lowest BCUT2D eigenvalue weighted by molar-refractivity contribution is 0.102. The maximum atomic E-state index is 14.9. The van der Waals surface area contributed by atoms with Gasteiger partial charge in [-0.05, 0) is 55.2 Å². The summed E-state index contributed by atoms with van der Waals surface area (Å²) < 4.78 is 14.9. The Hall–Kier alpha value is -2.80. The molecule has 0 radical (unpaired) electrons. The minimum atomic E-state index is -0.458. The van der Waals surface area contributed by atoms with Crippen LogP contribution in [0.2, 0.25) is 5.02 Å². The quantitative estimate of drug-likeness (QED) is 0.690. The first kappa shape index (κ1) is 21.4. The lowest BCUT2D eigenvalue weighted by atomic mass is 10.0. The lowest BCUT2D eigenvalue weighted by Gasteiger charge is -2.30. The van der Waals surface area contributed by atoms with Gasteiger partial charge >= 0.3 is 6.03 Å². The van der Waals surface area contributed by atoms with Crippen LogP contribution in [0.25, 0.3) is 0 Å². The molecule has 0 bridgehead atoms. The van der Waals surface area contributed by atoms with Crippen LogP contribution in [0.1, 0.15) is 37.0 Å². The summed E-state index contributed by atoms with van der Waals surface area (Å²) in [5, 5.41) is 5.70. The molecule has 0 aromatic heterocycles. The van der Waals surface area contributed by atoms with Gasteiger partial charge in [-0.3, -0.25) is 9.69 Å². The first-order chi connectivity index (χ1) is 14.8. The van der Waals surface area contributed by atoms with Crippen molar-refractivity contribution in [1.29, 1.82) is 0 Å². The van der Waals surface area contributed by atoms with Crippen molar-refractivity contribution in [2.75, 3.05) is 34.8 Å². The van der Waals surface area contributed by atoms with Crippen molar-refractivity contribution in [3.8, 4) is 0 Å². The number of benzene rings is 2. The van der Waals surface area contributed by atoms with Gasteiger partial charge in [-0.15, -0.1) is 0 Å². The average Bonchev–Trinajstić information content (AvgIpc) is 3.38. The number of nitrogens with zero attached hydrogens (tertiary/aromatic N) is 2. The molecular weight excluding hydrogens is 419 g/mol. The SMILES string of the molecule is CC(C)[C@@H]1CCCN1c1ccc(NC(=O)c2cc(N3CCNC3=O)ccc2Cl)cc1F. The number of carbonyl (C=O) groups is 2. The van der Waals surface area contributed by atoms with Crippen molar-refractivity contribution < 1.29 is 14.0 Å². The van der Waals surface area contributed by atoms with Gasteiger partial charge < -0.3 is 15.5 Å². The molecule has 4 rings (SSSR count). The van der Waals surface area contributed by atoms with Crippen LogP contribution in [0.3, 0.4) is 0 Å². The van der Waals surface area contributed by atoms with Crippen molar-refractivity contribution in [2.45, 2.75) is 32.7 Å². The third-order valence-electron chi connectivity index (χ3n) is 5.95. The lowest BCUT2D eigenvalue weighted by Crippen LogP contribution is -2.33. The van der Waals surface area contributed by atoms with E-state index in [0.29, 0.717) is 42.1 Å². The summed E-state index contributed by atoms with van der Waals surface area (Å²) in [6.45, 7) is 6.20. The Balaban J connectivity index is 1.53. The smallest absolute Gasteiger partial charge is 0.321 e. The maximum Gasteiger partial charge on any atom is 0.321 e. The highest BCUT2D eigenvalue weighted by atomic mass is 35.5. The maximum absolute atomic E-state index is 14.9. The Morgan fingerprint density at radius 3 is 2.71 bits per heavy atom. The summed E-state index contributed by atoms with van der Waals surface area (Å²) in [6, 6.07) is 9.72. The standard InChI is InChI=1S/C23H26ClFN4O2/c1-14(2)20-4-3-10-29(20)21-8-5-15(12-19(21)25)27-22(30)17-13-16(6-7-18(17)24)28-11-9-26-23(28)31/h5-8,12-14,20H,3-4,9-11H2,1-2H3,(H,26,31)(H,27,30)/t20-/m0/s1. The Morgan fingerprint density at radius 1 is 1.23 bits per heavy atom. The van der Waals surface area contributed by atoms with Crippen molar-refractivity contribution in [3.05, 3.63) is 52.8 Å². The Kier molecular flexibility index (Phi) is 6.05. The van der Waals surface area contributed by atoms with E-state index in [9.17, 15) is 14.0 Å². The predicted octanol–water partition coefficient (Wildman–Crippen LogP) is 4.89. The monoisotopic (exact) mass is 444 g/mol. The molecule has 2 aliphatic heterocycles. The van der Waals surface area contributed by atoms with Crippen LogP contribution in [0.4, 0.5) is 26.2 Å². The van der Waals surface area contributed by atoms with Crippen LogP contribution >= 0.6 is 11.6 Å². The van der Waals surface area contributed by atoms with Gasteiger partial charge in [0.15, 0.2) is 0 Å². The highest BCUT2D eigenvalue weighted by Crippen LogP contribution is 2.33. The summed E-state index contributed by atoms with van der Waals surface area (Å²) in [5.41, 5.74) is 1.73. The molecule has 0 unspecified atom stereocenters. The Morgan fingerprint density at radius 2 is 2.03 bits per heavy atom. The van der Waals surface area contributed by atoms with Crippen LogP contribution in [0, 0.1) is 11.7 Å². The molecule has 2 heterocycles. The summed E-state index contributed by atoms with van der Waals surface area (Å²) in [6.07, 6.45) is 2.10. The molecular formula is C23H26ClFN4O2. The highest BCUT2D eigenvalue weighted by Gasteiger charge is 2.29. The van der Waals surface area contributed by atoms with E-state index in [0.717, 1.165) is 19.4 Å². The number of hydrogen-bond donors (Lipinski definition) is 2. The number of amides is 3. The van der Waals surface area contributed by atoms with E-state index in [1.807, 2.05) is 0 Å². The number of carbonyl (C=O) groups excluding carboxylic acids is 2. The molecule has 8 heteroatoms. The summed E-state index contributed by atoms with van der Waals surface area (Å²) in [7, 11) is 0. The number of anilines is 3. The molecule has 2 aliphatic rings. The van der Waals surface area contributed by atoms with Gasteiger partial charge in [0, 0.05) is 37.1 Å². The summed E-state index contributed by atoms with van der Waals surface area (Å²) in [4.78, 5) is 28.4. The third kappa shape index (κ3) is 4.32. The molecule has 1 atom stereocenters. The van der Waals surface area contributed by atoms with E-state index in [1.165, 1.54) is 6.07 Å². The normalized spacial score (nSPS) is 18.6. The fourth-order valence-electron chi connectivity index (χ4n) is 4.37. The van der Waals surface area contributed by atoms with Crippen LogP contribution in [0.15, 0.2) is 36.4 Å². The second-order valence-corrected chi connectivity index (χ2v) is 8.72. The number of urea groups is 1. The summed E-state index contributed by atoms with van der Waals surface area (Å²) >= 11 is 6.23. The van der Waals surface area contributed by atoms with Crippen molar-refractivity contribution >= 4 is 40.6 Å². The molecule has 2 aromatic rings. The van der Waals surface area contributed by atoms with Gasteiger partial charge in [-0.2, -0.15) is 0 Å². The van der Waals surface area contributed by atoms with Gasteiger partial charge in [0.25, 0.3) is 5.91 Å². The first-order valence-electron chi connectivity index (χ1n) is 10.6. The fourth-order valence-corrected chi connectivity index (χ4v) is 4.58. The average molecular weight is 445 g/mol. The van der Waals surface area contributed by atoms with Crippen molar-refractivity contribution in [2.24, 2.45) is 5.92 Å². The van der Waals surface area contributed by atoms with Gasteiger partial charge in [0.05, 0.1) is 16.3 Å². The molecule has 2 saturated heterocycles. The third-order valence-corrected chi connectivity index (χ3v) is 6.28. The largest absolute Gasteiger partial charge is 0.366 e. The topological polar surface area (TPSA) is 64.7 Å². The molecule has 3 amide bonds. The second-order valence-electron chi connectivity index (χ2n) is 8.32. The minimum absolute atomic E-state index is 0.215. The molecule has 2 fully saturated rings. The first-order valence-corrected chi connectivity index (χ1v) is 11.0. The molecule has 0 aliphatic carbocycles. The predicted molar refractivity (Wildman–Crippen MR) is 122 cm³/mol. The van der Waals surface area contributed by atoms with Crippen LogP contribution in [0.5, 0.6) is 0 Å². The molecule has 0 saturated carbocycles. The van der Waals surface area contributed by atoms with Gasteiger partial charge in [-0.1, -0.05) is 25.4 Å². The van der Waals surface area contributed by atoms with Gasteiger partial charge in [0.2, 0.25) is 0 Å². The van der Waals surface area contributed by atoms with E-state index >= 15 is 0 Å². The molecule has 2 N–H and O–H groups in total. The van der Waals surface area contributed by atoms with E-state index in [4.69, 9.17) is 11.6 Å². The zero-order valence-electron chi connectivity index (χ0n) is 17.6. The van der Waals surface area contributed by atoms with Crippen molar-refractivity contribution in [3.63, 3.8) is 0 Å². The number of rotatable bonds is 5.